The minimum absolute atomic E-state index is 0.176. The lowest BCUT2D eigenvalue weighted by atomic mass is 9.85. The summed E-state index contributed by atoms with van der Waals surface area (Å²) in [5.74, 6) is 0.176. The molecule has 0 saturated carbocycles. The molecule has 2 heteroatoms. The van der Waals surface area contributed by atoms with Gasteiger partial charge in [-0.1, -0.05) is 44.2 Å². The van der Waals surface area contributed by atoms with Crippen molar-refractivity contribution in [1.29, 1.82) is 10.5 Å². The summed E-state index contributed by atoms with van der Waals surface area (Å²) in [6.07, 6.45) is 1.64. The molecule has 0 fully saturated rings. The smallest absolute Gasteiger partial charge is 0.129 e. The highest BCUT2D eigenvalue weighted by atomic mass is 14.3. The van der Waals surface area contributed by atoms with Crippen LogP contribution in [0.2, 0.25) is 0 Å². The van der Waals surface area contributed by atoms with Gasteiger partial charge in [-0.2, -0.15) is 10.5 Å². The first-order valence-electron chi connectivity index (χ1n) is 5.86. The van der Waals surface area contributed by atoms with Crippen LogP contribution < -0.4 is 0 Å². The first-order valence-corrected chi connectivity index (χ1v) is 5.86. The van der Waals surface area contributed by atoms with E-state index in [9.17, 15) is 0 Å². The standard InChI is InChI=1S/C15H16N2/c1-3-14(12-8-6-5-7-9-12)15(4-2)13(10-16)11-17/h5-9,14H,3-4H2,1-2H3. The number of nitriles is 2. The molecule has 0 radical (unpaired) electrons. The van der Waals surface area contributed by atoms with Crippen LogP contribution in [0.3, 0.4) is 0 Å². The average molecular weight is 224 g/mol. The van der Waals surface area contributed by atoms with Gasteiger partial charge in [0.1, 0.15) is 17.7 Å². The zero-order valence-corrected chi connectivity index (χ0v) is 10.3. The Morgan fingerprint density at radius 1 is 1.12 bits per heavy atom. The zero-order valence-electron chi connectivity index (χ0n) is 10.3. The number of hydrogen-bond donors (Lipinski definition) is 0. The second-order valence-corrected chi connectivity index (χ2v) is 3.85. The quantitative estimate of drug-likeness (QED) is 0.727. The highest BCUT2D eigenvalue weighted by Gasteiger charge is 2.17. The minimum Gasteiger partial charge on any atom is -0.192 e. The van der Waals surface area contributed by atoms with Gasteiger partial charge in [-0.25, -0.2) is 0 Å². The summed E-state index contributed by atoms with van der Waals surface area (Å²) in [4.78, 5) is 0. The van der Waals surface area contributed by atoms with E-state index in [1.807, 2.05) is 37.3 Å². The highest BCUT2D eigenvalue weighted by Crippen LogP contribution is 2.31. The van der Waals surface area contributed by atoms with E-state index in [1.165, 1.54) is 5.56 Å². The monoisotopic (exact) mass is 224 g/mol. The van der Waals surface area contributed by atoms with Crippen molar-refractivity contribution in [3.05, 3.63) is 47.0 Å². The molecule has 0 aliphatic carbocycles. The fraction of sp³-hybridized carbons (Fsp3) is 0.333. The van der Waals surface area contributed by atoms with Crippen LogP contribution in [0.15, 0.2) is 41.5 Å². The molecule has 0 aliphatic rings. The van der Waals surface area contributed by atoms with Gasteiger partial charge in [0.05, 0.1) is 0 Å². The van der Waals surface area contributed by atoms with Gasteiger partial charge < -0.3 is 0 Å². The summed E-state index contributed by atoms with van der Waals surface area (Å²) in [7, 11) is 0. The molecule has 1 aromatic carbocycles. The van der Waals surface area contributed by atoms with E-state index in [4.69, 9.17) is 10.5 Å². The fourth-order valence-corrected chi connectivity index (χ4v) is 2.13. The molecule has 0 bridgehead atoms. The minimum atomic E-state index is 0.176. The normalized spacial score (nSPS) is 11.1. The summed E-state index contributed by atoms with van der Waals surface area (Å²) < 4.78 is 0. The third kappa shape index (κ3) is 2.95. The van der Waals surface area contributed by atoms with Crippen molar-refractivity contribution in [2.75, 3.05) is 0 Å². The van der Waals surface area contributed by atoms with E-state index < -0.39 is 0 Å². The van der Waals surface area contributed by atoms with Crippen LogP contribution in [0.1, 0.15) is 38.2 Å². The van der Waals surface area contributed by atoms with Crippen LogP contribution in [-0.2, 0) is 0 Å². The molecule has 0 aliphatic heterocycles. The Labute approximate surface area is 103 Å². The van der Waals surface area contributed by atoms with Crippen LogP contribution in [-0.4, -0.2) is 0 Å². The summed E-state index contributed by atoms with van der Waals surface area (Å²) in [5.41, 5.74) is 2.39. The molecule has 1 unspecified atom stereocenters. The number of allylic oxidation sites excluding steroid dienone is 2. The van der Waals surface area contributed by atoms with Gasteiger partial charge in [0.15, 0.2) is 0 Å². The lowest BCUT2D eigenvalue weighted by molar-refractivity contribution is 0.727. The first kappa shape index (κ1) is 13.0. The molecule has 0 N–H and O–H groups in total. The van der Waals surface area contributed by atoms with Crippen LogP contribution in [0, 0.1) is 22.7 Å². The largest absolute Gasteiger partial charge is 0.192 e. The Balaban J connectivity index is 3.24. The summed E-state index contributed by atoms with van der Waals surface area (Å²) in [6.45, 7) is 4.08. The Morgan fingerprint density at radius 2 is 1.71 bits per heavy atom. The Morgan fingerprint density at radius 3 is 2.12 bits per heavy atom. The van der Waals surface area contributed by atoms with E-state index in [1.54, 1.807) is 0 Å². The van der Waals surface area contributed by atoms with Gasteiger partial charge in [0.25, 0.3) is 0 Å². The summed E-state index contributed by atoms with van der Waals surface area (Å²) in [6, 6.07) is 14.1. The molecule has 0 spiro atoms. The second-order valence-electron chi connectivity index (χ2n) is 3.85. The van der Waals surface area contributed by atoms with Crippen LogP contribution in [0.25, 0.3) is 0 Å². The van der Waals surface area contributed by atoms with Gasteiger partial charge in [0, 0.05) is 5.92 Å². The molecule has 1 rings (SSSR count). The Kier molecular flexibility index (Phi) is 4.98. The van der Waals surface area contributed by atoms with Crippen molar-refractivity contribution in [3.63, 3.8) is 0 Å². The van der Waals surface area contributed by atoms with Gasteiger partial charge in [-0.3, -0.25) is 0 Å². The lowest BCUT2D eigenvalue weighted by Gasteiger charge is -2.18. The number of hydrogen-bond acceptors (Lipinski definition) is 2. The maximum absolute atomic E-state index is 8.99. The van der Waals surface area contributed by atoms with Gasteiger partial charge >= 0.3 is 0 Å². The van der Waals surface area contributed by atoms with Gasteiger partial charge in [-0.05, 0) is 24.0 Å². The molecular weight excluding hydrogens is 208 g/mol. The molecular formula is C15H16N2. The SMILES string of the molecule is CCC(=C(C#N)C#N)C(CC)c1ccccc1. The molecule has 0 saturated heterocycles. The molecule has 86 valence electrons. The maximum atomic E-state index is 8.99. The van der Waals surface area contributed by atoms with Gasteiger partial charge in [-0.15, -0.1) is 0 Å². The lowest BCUT2D eigenvalue weighted by Crippen LogP contribution is -2.03. The van der Waals surface area contributed by atoms with Crippen molar-refractivity contribution >= 4 is 0 Å². The summed E-state index contributed by atoms with van der Waals surface area (Å²) >= 11 is 0. The first-order chi connectivity index (χ1) is 8.28. The van der Waals surface area contributed by atoms with Crippen molar-refractivity contribution < 1.29 is 0 Å². The molecule has 0 aromatic heterocycles. The highest BCUT2D eigenvalue weighted by molar-refractivity contribution is 5.44. The molecule has 2 nitrogen and oxygen atoms in total. The number of nitrogens with zero attached hydrogens (tertiary/aromatic N) is 2. The predicted octanol–water partition coefficient (Wildman–Crippen LogP) is 3.93. The number of rotatable bonds is 4. The van der Waals surface area contributed by atoms with Gasteiger partial charge in [0.2, 0.25) is 0 Å². The molecule has 17 heavy (non-hydrogen) atoms. The predicted molar refractivity (Wildman–Crippen MR) is 68.0 cm³/mol. The third-order valence-corrected chi connectivity index (χ3v) is 2.96. The van der Waals surface area contributed by atoms with Crippen LogP contribution in [0.4, 0.5) is 0 Å². The van der Waals surface area contributed by atoms with Crippen LogP contribution in [0.5, 0.6) is 0 Å². The Hall–Kier alpha value is -2.06. The average Bonchev–Trinajstić information content (AvgIpc) is 2.40. The third-order valence-electron chi connectivity index (χ3n) is 2.96. The Bertz CT molecular complexity index is 456. The second kappa shape index (κ2) is 6.51. The fourth-order valence-electron chi connectivity index (χ4n) is 2.13. The van der Waals surface area contributed by atoms with Crippen molar-refractivity contribution in [2.45, 2.75) is 32.6 Å². The van der Waals surface area contributed by atoms with Crippen molar-refractivity contribution in [3.8, 4) is 12.1 Å². The summed E-state index contributed by atoms with van der Waals surface area (Å²) in [5, 5.41) is 18.0. The van der Waals surface area contributed by atoms with E-state index in [-0.39, 0.29) is 11.5 Å². The maximum Gasteiger partial charge on any atom is 0.129 e. The van der Waals surface area contributed by atoms with Crippen molar-refractivity contribution in [2.24, 2.45) is 0 Å². The zero-order chi connectivity index (χ0) is 12.7. The molecule has 1 aromatic rings. The van der Waals surface area contributed by atoms with E-state index in [0.717, 1.165) is 18.4 Å². The molecule has 0 amide bonds. The van der Waals surface area contributed by atoms with Crippen LogP contribution >= 0.6 is 0 Å². The van der Waals surface area contributed by atoms with Crippen molar-refractivity contribution in [1.82, 2.24) is 0 Å². The number of benzene rings is 1. The van der Waals surface area contributed by atoms with E-state index >= 15 is 0 Å². The topological polar surface area (TPSA) is 47.6 Å². The molecule has 1 atom stereocenters. The van der Waals surface area contributed by atoms with E-state index in [0.29, 0.717) is 0 Å². The molecule has 0 heterocycles. The van der Waals surface area contributed by atoms with E-state index in [2.05, 4.69) is 19.1 Å².